The van der Waals surface area contributed by atoms with E-state index in [0.717, 1.165) is 22.4 Å². The van der Waals surface area contributed by atoms with Crippen LogP contribution >= 0.6 is 0 Å². The summed E-state index contributed by atoms with van der Waals surface area (Å²) in [6, 6.07) is 13.7. The molecule has 3 heterocycles. The molecule has 0 unspecified atom stereocenters. The summed E-state index contributed by atoms with van der Waals surface area (Å²) in [5, 5.41) is 20.0. The van der Waals surface area contributed by atoms with Gasteiger partial charge in [0.25, 0.3) is 0 Å². The quantitative estimate of drug-likeness (QED) is 0.541. The van der Waals surface area contributed by atoms with Gasteiger partial charge in [0.2, 0.25) is 0 Å². The number of nitriles is 1. The number of nitrogens with zero attached hydrogens (tertiary/aromatic N) is 5. The van der Waals surface area contributed by atoms with E-state index >= 15 is 0 Å². The molecule has 0 radical (unpaired) electrons. The molecule has 0 spiro atoms. The van der Waals surface area contributed by atoms with Crippen molar-refractivity contribution in [3.05, 3.63) is 59.4 Å². The number of hydrogen-bond donors (Lipinski definition) is 2. The fourth-order valence-electron chi connectivity index (χ4n) is 3.28. The van der Waals surface area contributed by atoms with Gasteiger partial charge in [-0.05, 0) is 30.5 Å². The van der Waals surface area contributed by atoms with E-state index in [-0.39, 0.29) is 6.61 Å². The molecular weight excluding hydrogens is 366 g/mol. The van der Waals surface area contributed by atoms with Crippen LogP contribution in [0, 0.1) is 11.3 Å². The molecule has 1 saturated carbocycles. The zero-order chi connectivity index (χ0) is 19.8. The number of aromatic nitrogens is 5. The van der Waals surface area contributed by atoms with Crippen molar-refractivity contribution < 1.29 is 4.74 Å². The van der Waals surface area contributed by atoms with Crippen LogP contribution in [0.1, 0.15) is 35.6 Å². The van der Waals surface area contributed by atoms with E-state index in [1.165, 1.54) is 12.8 Å². The lowest BCUT2D eigenvalue weighted by molar-refractivity contribution is 0.309. The Morgan fingerprint density at radius 2 is 2.03 bits per heavy atom. The number of nitrogens with two attached hydrogens (primary N) is 1. The molecule has 1 aliphatic carbocycles. The molecule has 3 N–H and O–H groups in total. The first-order chi connectivity index (χ1) is 14.2. The third-order valence-electron chi connectivity index (χ3n) is 5.01. The Balaban J connectivity index is 1.39. The molecular formula is C21H17N7O. The summed E-state index contributed by atoms with van der Waals surface area (Å²) in [5.74, 6) is 1.39. The maximum Gasteiger partial charge on any atom is 0.181 e. The largest absolute Gasteiger partial charge is 0.486 e. The van der Waals surface area contributed by atoms with E-state index < -0.39 is 0 Å². The highest BCUT2D eigenvalue weighted by atomic mass is 16.5. The van der Waals surface area contributed by atoms with Gasteiger partial charge in [-0.25, -0.2) is 10.1 Å². The van der Waals surface area contributed by atoms with E-state index in [2.05, 4.69) is 43.6 Å². The van der Waals surface area contributed by atoms with Gasteiger partial charge < -0.3 is 10.5 Å². The van der Waals surface area contributed by atoms with Gasteiger partial charge in [-0.3, -0.25) is 4.98 Å². The topological polar surface area (TPSA) is 126 Å². The summed E-state index contributed by atoms with van der Waals surface area (Å²) in [6.07, 6.45) is 4.33. The highest BCUT2D eigenvalue weighted by Crippen LogP contribution is 2.39. The molecule has 5 rings (SSSR count). The number of fused-ring (bicyclic) bond motifs is 1. The van der Waals surface area contributed by atoms with Gasteiger partial charge in [0.05, 0.1) is 11.6 Å². The van der Waals surface area contributed by atoms with Crippen LogP contribution in [0.25, 0.3) is 22.3 Å². The Kier molecular flexibility index (Phi) is 4.06. The molecule has 0 atom stereocenters. The second-order valence-corrected chi connectivity index (χ2v) is 7.07. The van der Waals surface area contributed by atoms with Crippen LogP contribution in [-0.2, 0) is 6.61 Å². The molecule has 0 bridgehead atoms. The Bertz CT molecular complexity index is 1240. The summed E-state index contributed by atoms with van der Waals surface area (Å²) in [7, 11) is 0. The standard InChI is InChI=1S/C21H17N7O/c22-9-16-7-13(14-5-6-17(24-10-14)12-1-2-12)3-4-15(16)11-29-18-8-19(23)25-21-20(18)26-28-27-21/h3-8,10,12H,1-2,11H2,(H3,23,25,26,27,28). The van der Waals surface area contributed by atoms with Crippen LogP contribution in [0.2, 0.25) is 0 Å². The molecule has 1 aliphatic rings. The van der Waals surface area contributed by atoms with Gasteiger partial charge in [0.15, 0.2) is 16.9 Å². The number of nitrogens with one attached hydrogen (secondary N) is 1. The first-order valence-electron chi connectivity index (χ1n) is 9.30. The second kappa shape index (κ2) is 6.87. The minimum atomic E-state index is 0.202. The number of anilines is 1. The molecule has 142 valence electrons. The molecule has 1 aromatic carbocycles. The monoisotopic (exact) mass is 383 g/mol. The van der Waals surface area contributed by atoms with E-state index in [9.17, 15) is 5.26 Å². The minimum Gasteiger partial charge on any atom is -0.486 e. The van der Waals surface area contributed by atoms with Gasteiger partial charge in [0, 0.05) is 35.0 Å². The lowest BCUT2D eigenvalue weighted by Gasteiger charge is -2.10. The SMILES string of the molecule is N#Cc1cc(-c2ccc(C3CC3)nc2)ccc1COc1cc(N)nc2[nH]nnc12. The third kappa shape index (κ3) is 3.34. The van der Waals surface area contributed by atoms with E-state index in [1.807, 2.05) is 24.4 Å². The molecule has 8 heteroatoms. The zero-order valence-corrected chi connectivity index (χ0v) is 15.5. The van der Waals surface area contributed by atoms with Crippen LogP contribution in [0.4, 0.5) is 5.82 Å². The summed E-state index contributed by atoms with van der Waals surface area (Å²) in [4.78, 5) is 8.67. The van der Waals surface area contributed by atoms with Crippen LogP contribution in [0.15, 0.2) is 42.6 Å². The maximum absolute atomic E-state index is 9.62. The van der Waals surface area contributed by atoms with Crippen molar-refractivity contribution in [1.29, 1.82) is 5.26 Å². The van der Waals surface area contributed by atoms with Crippen molar-refractivity contribution in [2.75, 3.05) is 5.73 Å². The first-order valence-corrected chi connectivity index (χ1v) is 9.30. The number of pyridine rings is 2. The summed E-state index contributed by atoms with van der Waals surface area (Å²) < 4.78 is 5.88. The molecule has 1 fully saturated rings. The summed E-state index contributed by atoms with van der Waals surface area (Å²) >= 11 is 0. The number of aromatic amines is 1. The van der Waals surface area contributed by atoms with Gasteiger partial charge in [-0.2, -0.15) is 5.26 Å². The van der Waals surface area contributed by atoms with Crippen LogP contribution in [0.3, 0.4) is 0 Å². The molecule has 0 amide bonds. The maximum atomic E-state index is 9.62. The molecule has 0 saturated heterocycles. The van der Waals surface area contributed by atoms with Crippen LogP contribution in [-0.4, -0.2) is 25.4 Å². The van der Waals surface area contributed by atoms with Crippen LogP contribution in [0.5, 0.6) is 5.75 Å². The van der Waals surface area contributed by atoms with Gasteiger partial charge >= 0.3 is 0 Å². The number of nitrogen functional groups attached to an aromatic ring is 1. The van der Waals surface area contributed by atoms with Crippen LogP contribution < -0.4 is 10.5 Å². The number of H-pyrrole nitrogens is 1. The number of rotatable bonds is 5. The van der Waals surface area contributed by atoms with Crippen molar-refractivity contribution in [3.63, 3.8) is 0 Å². The van der Waals surface area contributed by atoms with Crippen molar-refractivity contribution in [2.45, 2.75) is 25.4 Å². The predicted octanol–water partition coefficient (Wildman–Crippen LogP) is 3.33. The molecule has 0 aliphatic heterocycles. The highest BCUT2D eigenvalue weighted by Gasteiger charge is 2.24. The molecule has 4 aromatic rings. The zero-order valence-electron chi connectivity index (χ0n) is 15.5. The fraction of sp³-hybridized carbons (Fsp3) is 0.190. The predicted molar refractivity (Wildman–Crippen MR) is 107 cm³/mol. The normalized spacial score (nSPS) is 13.3. The Morgan fingerprint density at radius 3 is 2.79 bits per heavy atom. The van der Waals surface area contributed by atoms with Gasteiger partial charge in [-0.1, -0.05) is 23.4 Å². The second-order valence-electron chi connectivity index (χ2n) is 7.07. The Hall–Kier alpha value is -3.99. The van der Waals surface area contributed by atoms with Gasteiger partial charge in [0.1, 0.15) is 12.4 Å². The molecule has 8 nitrogen and oxygen atoms in total. The minimum absolute atomic E-state index is 0.202. The van der Waals surface area contributed by atoms with E-state index in [0.29, 0.717) is 34.2 Å². The van der Waals surface area contributed by atoms with E-state index in [4.69, 9.17) is 10.5 Å². The van der Waals surface area contributed by atoms with Crippen molar-refractivity contribution in [1.82, 2.24) is 25.4 Å². The lowest BCUT2D eigenvalue weighted by Crippen LogP contribution is -2.01. The molecule has 29 heavy (non-hydrogen) atoms. The Morgan fingerprint density at radius 1 is 1.17 bits per heavy atom. The summed E-state index contributed by atoms with van der Waals surface area (Å²) in [5.41, 5.74) is 11.2. The average molecular weight is 383 g/mol. The van der Waals surface area contributed by atoms with Crippen molar-refractivity contribution >= 4 is 17.0 Å². The van der Waals surface area contributed by atoms with Gasteiger partial charge in [-0.15, -0.1) is 5.10 Å². The number of hydrogen-bond acceptors (Lipinski definition) is 7. The lowest BCUT2D eigenvalue weighted by atomic mass is 10.0. The Labute approximate surface area is 166 Å². The molecule has 3 aromatic heterocycles. The third-order valence-corrected chi connectivity index (χ3v) is 5.01. The van der Waals surface area contributed by atoms with Crippen molar-refractivity contribution in [3.8, 4) is 22.9 Å². The number of ether oxygens (including phenoxy) is 1. The first kappa shape index (κ1) is 17.1. The number of benzene rings is 1. The average Bonchev–Trinajstić information content (AvgIpc) is 3.49. The summed E-state index contributed by atoms with van der Waals surface area (Å²) in [6.45, 7) is 0.202. The van der Waals surface area contributed by atoms with Crippen molar-refractivity contribution in [2.24, 2.45) is 0 Å². The van der Waals surface area contributed by atoms with E-state index in [1.54, 1.807) is 6.07 Å². The highest BCUT2D eigenvalue weighted by molar-refractivity contribution is 5.79. The smallest absolute Gasteiger partial charge is 0.181 e. The fourth-order valence-corrected chi connectivity index (χ4v) is 3.28.